The molecule has 1 aliphatic heterocycles. The smallest absolute Gasteiger partial charge is 0.0528 e. The molecule has 0 radical (unpaired) electrons. The molecule has 1 N–H and O–H groups in total. The lowest BCUT2D eigenvalue weighted by Gasteiger charge is -2.27. The molecule has 3 aliphatic rings. The average Bonchev–Trinajstić information content (AvgIpc) is 3.30. The Morgan fingerprint density at radius 1 is 1.00 bits per heavy atom. The highest BCUT2D eigenvalue weighted by atomic mass is 16.5. The van der Waals surface area contributed by atoms with Crippen LogP contribution in [-0.4, -0.2) is 25.8 Å². The third-order valence-corrected chi connectivity index (χ3v) is 4.95. The Morgan fingerprint density at radius 2 is 1.84 bits per heavy atom. The molecule has 0 aromatic carbocycles. The first-order chi connectivity index (χ1) is 9.42. The van der Waals surface area contributed by atoms with Gasteiger partial charge in [-0.05, 0) is 44.4 Å². The standard InChI is InChI=1S/C17H29NO/c1-2-6-15(7-3-1)16(12-18-17-8-9-17)11-14-5-4-10-19-13-14/h11,14-15,17-18H,1-10,12-13H2. The minimum Gasteiger partial charge on any atom is -0.381 e. The first-order valence-electron chi connectivity index (χ1n) is 8.43. The largest absolute Gasteiger partial charge is 0.381 e. The van der Waals surface area contributed by atoms with Crippen molar-refractivity contribution in [3.05, 3.63) is 11.6 Å². The second kappa shape index (κ2) is 6.90. The van der Waals surface area contributed by atoms with E-state index in [1.807, 2.05) is 0 Å². The third kappa shape index (κ3) is 4.32. The highest BCUT2D eigenvalue weighted by Gasteiger charge is 2.24. The SMILES string of the molecule is C(=C(CNC1CC1)C1CCCCC1)C1CCCOC1. The van der Waals surface area contributed by atoms with Gasteiger partial charge in [0.25, 0.3) is 0 Å². The van der Waals surface area contributed by atoms with Crippen LogP contribution in [0.3, 0.4) is 0 Å². The van der Waals surface area contributed by atoms with Crippen molar-refractivity contribution in [3.63, 3.8) is 0 Å². The molecule has 0 amide bonds. The van der Waals surface area contributed by atoms with Crippen LogP contribution in [-0.2, 0) is 4.74 Å². The Hall–Kier alpha value is -0.340. The second-order valence-corrected chi connectivity index (χ2v) is 6.71. The fourth-order valence-electron chi connectivity index (χ4n) is 3.56. The van der Waals surface area contributed by atoms with Crippen LogP contribution < -0.4 is 5.32 Å². The molecule has 1 unspecified atom stereocenters. The van der Waals surface area contributed by atoms with Crippen LogP contribution in [0.15, 0.2) is 11.6 Å². The molecular weight excluding hydrogens is 234 g/mol. The molecule has 2 heteroatoms. The molecule has 2 nitrogen and oxygen atoms in total. The first-order valence-corrected chi connectivity index (χ1v) is 8.43. The molecule has 1 atom stereocenters. The highest BCUT2D eigenvalue weighted by Crippen LogP contribution is 2.32. The van der Waals surface area contributed by atoms with Crippen LogP contribution >= 0.6 is 0 Å². The topological polar surface area (TPSA) is 21.3 Å². The van der Waals surface area contributed by atoms with Gasteiger partial charge in [0, 0.05) is 25.1 Å². The Morgan fingerprint density at radius 3 is 2.53 bits per heavy atom. The van der Waals surface area contributed by atoms with Crippen LogP contribution in [0, 0.1) is 11.8 Å². The van der Waals surface area contributed by atoms with Crippen LogP contribution in [0.4, 0.5) is 0 Å². The van der Waals surface area contributed by atoms with Crippen molar-refractivity contribution < 1.29 is 4.74 Å². The lowest BCUT2D eigenvalue weighted by molar-refractivity contribution is 0.0705. The number of nitrogens with one attached hydrogen (secondary N) is 1. The van der Waals surface area contributed by atoms with Crippen molar-refractivity contribution in [2.75, 3.05) is 19.8 Å². The zero-order chi connectivity index (χ0) is 12.9. The summed E-state index contributed by atoms with van der Waals surface area (Å²) in [5, 5.41) is 3.73. The molecule has 3 rings (SSSR count). The Bertz CT molecular complexity index is 296. The normalized spacial score (nSPS) is 30.5. The minimum absolute atomic E-state index is 0.687. The molecular formula is C17H29NO. The van der Waals surface area contributed by atoms with Crippen LogP contribution in [0.2, 0.25) is 0 Å². The van der Waals surface area contributed by atoms with Crippen molar-refractivity contribution in [1.82, 2.24) is 5.32 Å². The van der Waals surface area contributed by atoms with Gasteiger partial charge >= 0.3 is 0 Å². The van der Waals surface area contributed by atoms with Crippen molar-refractivity contribution in [2.45, 2.75) is 63.8 Å². The van der Waals surface area contributed by atoms with E-state index in [4.69, 9.17) is 4.74 Å². The van der Waals surface area contributed by atoms with Gasteiger partial charge in [-0.3, -0.25) is 0 Å². The number of hydrogen-bond donors (Lipinski definition) is 1. The highest BCUT2D eigenvalue weighted by molar-refractivity contribution is 5.13. The van der Waals surface area contributed by atoms with Gasteiger partial charge in [0.1, 0.15) is 0 Å². The van der Waals surface area contributed by atoms with E-state index >= 15 is 0 Å². The molecule has 0 bridgehead atoms. The van der Waals surface area contributed by atoms with Crippen molar-refractivity contribution in [3.8, 4) is 0 Å². The summed E-state index contributed by atoms with van der Waals surface area (Å²) in [6.45, 7) is 3.08. The van der Waals surface area contributed by atoms with E-state index in [-0.39, 0.29) is 0 Å². The van der Waals surface area contributed by atoms with Gasteiger partial charge < -0.3 is 10.1 Å². The number of hydrogen-bond acceptors (Lipinski definition) is 2. The molecule has 108 valence electrons. The van der Waals surface area contributed by atoms with E-state index in [9.17, 15) is 0 Å². The van der Waals surface area contributed by atoms with Gasteiger partial charge in [-0.15, -0.1) is 0 Å². The summed E-state index contributed by atoms with van der Waals surface area (Å²) in [7, 11) is 0. The molecule has 0 aromatic rings. The Labute approximate surface area is 118 Å². The Kier molecular flexibility index (Phi) is 4.95. The molecule has 3 fully saturated rings. The summed E-state index contributed by atoms with van der Waals surface area (Å²) in [6, 6.07) is 0.828. The molecule has 19 heavy (non-hydrogen) atoms. The van der Waals surface area contributed by atoms with E-state index in [0.717, 1.165) is 31.7 Å². The third-order valence-electron chi connectivity index (χ3n) is 4.95. The Balaban J connectivity index is 1.60. The first kappa shape index (κ1) is 13.6. The maximum absolute atomic E-state index is 5.64. The predicted molar refractivity (Wildman–Crippen MR) is 79.2 cm³/mol. The second-order valence-electron chi connectivity index (χ2n) is 6.71. The number of ether oxygens (including phenoxy) is 1. The monoisotopic (exact) mass is 263 g/mol. The van der Waals surface area contributed by atoms with E-state index in [1.165, 1.54) is 57.8 Å². The summed E-state index contributed by atoms with van der Waals surface area (Å²) in [4.78, 5) is 0. The van der Waals surface area contributed by atoms with E-state index in [0.29, 0.717) is 5.92 Å². The fraction of sp³-hybridized carbons (Fsp3) is 0.882. The zero-order valence-electron chi connectivity index (χ0n) is 12.2. The van der Waals surface area contributed by atoms with Crippen LogP contribution in [0.25, 0.3) is 0 Å². The van der Waals surface area contributed by atoms with E-state index in [2.05, 4.69) is 11.4 Å². The summed E-state index contributed by atoms with van der Waals surface area (Å²) in [5.41, 5.74) is 1.71. The van der Waals surface area contributed by atoms with Crippen LogP contribution in [0.5, 0.6) is 0 Å². The zero-order valence-corrected chi connectivity index (χ0v) is 12.2. The molecule has 1 saturated heterocycles. The van der Waals surface area contributed by atoms with Gasteiger partial charge in [0.15, 0.2) is 0 Å². The molecule has 2 saturated carbocycles. The average molecular weight is 263 g/mol. The van der Waals surface area contributed by atoms with Gasteiger partial charge in [-0.2, -0.15) is 0 Å². The van der Waals surface area contributed by atoms with Crippen molar-refractivity contribution in [2.24, 2.45) is 11.8 Å². The molecule has 2 aliphatic carbocycles. The van der Waals surface area contributed by atoms with Gasteiger partial charge in [0.05, 0.1) is 6.61 Å². The van der Waals surface area contributed by atoms with E-state index < -0.39 is 0 Å². The maximum atomic E-state index is 5.64. The summed E-state index contributed by atoms with van der Waals surface area (Å²) in [6.07, 6.45) is 15.1. The predicted octanol–water partition coefficient (Wildman–Crippen LogP) is 3.67. The van der Waals surface area contributed by atoms with Gasteiger partial charge in [-0.25, -0.2) is 0 Å². The maximum Gasteiger partial charge on any atom is 0.0528 e. The van der Waals surface area contributed by atoms with Crippen molar-refractivity contribution >= 4 is 0 Å². The van der Waals surface area contributed by atoms with E-state index in [1.54, 1.807) is 5.57 Å². The quantitative estimate of drug-likeness (QED) is 0.764. The molecule has 0 spiro atoms. The van der Waals surface area contributed by atoms with Crippen LogP contribution in [0.1, 0.15) is 57.8 Å². The van der Waals surface area contributed by atoms with Crippen molar-refractivity contribution in [1.29, 1.82) is 0 Å². The lowest BCUT2D eigenvalue weighted by atomic mass is 9.82. The van der Waals surface area contributed by atoms with Gasteiger partial charge in [0.2, 0.25) is 0 Å². The number of rotatable bonds is 5. The summed E-state index contributed by atoms with van der Waals surface area (Å²) < 4.78 is 5.64. The minimum atomic E-state index is 0.687. The molecule has 1 heterocycles. The lowest BCUT2D eigenvalue weighted by Crippen LogP contribution is -2.25. The summed E-state index contributed by atoms with van der Waals surface area (Å²) >= 11 is 0. The fourth-order valence-corrected chi connectivity index (χ4v) is 3.56. The van der Waals surface area contributed by atoms with Gasteiger partial charge in [-0.1, -0.05) is 30.9 Å². The molecule has 0 aromatic heterocycles. The summed E-state index contributed by atoms with van der Waals surface area (Å²) in [5.74, 6) is 1.55.